The summed E-state index contributed by atoms with van der Waals surface area (Å²) in [7, 11) is 0. The van der Waals surface area contributed by atoms with Crippen molar-refractivity contribution in [2.24, 2.45) is 0 Å². The Morgan fingerprint density at radius 3 is 2.00 bits per heavy atom. The number of hydrogen-bond donors (Lipinski definition) is 0. The molecule has 0 radical (unpaired) electrons. The molecule has 0 aromatic carbocycles. The minimum atomic E-state index is 0. The fourth-order valence-electron chi connectivity index (χ4n) is 0.111. The number of allylic oxidation sites excluding steroid dienone is 3. The van der Waals surface area contributed by atoms with E-state index in [9.17, 15) is 0 Å². The molecule has 0 saturated carbocycles. The Morgan fingerprint density at radius 1 is 1.50 bits per heavy atom. The average Bonchev–Trinajstić information content (AvgIpc) is 1.41. The monoisotopic (exact) mass is 90.0 g/mol. The summed E-state index contributed by atoms with van der Waals surface area (Å²) in [6.45, 7) is 6.85. The van der Waals surface area contributed by atoms with E-state index in [1.165, 1.54) is 6.08 Å². The summed E-state index contributed by atoms with van der Waals surface area (Å²) >= 11 is 0. The summed E-state index contributed by atoms with van der Waals surface area (Å²) in [5, 5.41) is 0. The third kappa shape index (κ3) is 8.82. The molecule has 0 aliphatic heterocycles. The van der Waals surface area contributed by atoms with Crippen LogP contribution >= 0.6 is 0 Å². The van der Waals surface area contributed by atoms with Gasteiger partial charge in [0.2, 0.25) is 0 Å². The summed E-state index contributed by atoms with van der Waals surface area (Å²) < 4.78 is 0. The van der Waals surface area contributed by atoms with Crippen LogP contribution in [0.3, 0.4) is 0 Å². The van der Waals surface area contributed by atoms with Gasteiger partial charge in [0.05, 0.1) is 0 Å². The third-order valence-corrected chi connectivity index (χ3v) is 0.304. The zero-order chi connectivity index (χ0) is 4.12. The van der Waals surface area contributed by atoms with Gasteiger partial charge in [-0.1, -0.05) is 6.92 Å². The van der Waals surface area contributed by atoms with Gasteiger partial charge in [0.1, 0.15) is 0 Å². The number of hydrogen-bond acceptors (Lipinski definition) is 0. The van der Waals surface area contributed by atoms with Gasteiger partial charge in [-0.25, -0.2) is 12.2 Å². The molecule has 0 N–H and O–H groups in total. The van der Waals surface area contributed by atoms with Crippen LogP contribution in [-0.2, 0) is 0 Å². The molecule has 0 saturated heterocycles. The van der Waals surface area contributed by atoms with Gasteiger partial charge < -0.3 is 0 Å². The summed E-state index contributed by atoms with van der Waals surface area (Å²) in [6, 6.07) is 0. The maximum Gasteiger partial charge on any atom is 1.00 e. The van der Waals surface area contributed by atoms with E-state index in [1.54, 1.807) is 6.08 Å². The summed E-state index contributed by atoms with van der Waals surface area (Å²) in [5.74, 6) is 0. The van der Waals surface area contributed by atoms with Gasteiger partial charge in [-0.2, -0.15) is 6.08 Å². The predicted molar refractivity (Wildman–Crippen MR) is 23.7 cm³/mol. The van der Waals surface area contributed by atoms with Crippen molar-refractivity contribution in [3.8, 4) is 0 Å². The second-order valence-electron chi connectivity index (χ2n) is 0.718. The molecule has 0 nitrogen and oxygen atoms in total. The van der Waals surface area contributed by atoms with Gasteiger partial charge in [0.15, 0.2) is 0 Å². The quantitative estimate of drug-likeness (QED) is 0.210. The van der Waals surface area contributed by atoms with Crippen molar-refractivity contribution < 1.29 is 29.6 Å². The Hall–Kier alpha value is 0.480. The molecule has 1 heteroatoms. The van der Waals surface area contributed by atoms with E-state index in [4.69, 9.17) is 6.58 Å². The van der Waals surface area contributed by atoms with Crippen molar-refractivity contribution in [2.45, 2.75) is 6.92 Å². The molecule has 0 aromatic heterocycles. The van der Waals surface area contributed by atoms with Crippen molar-refractivity contribution in [2.75, 3.05) is 0 Å². The molecule has 0 amide bonds. The van der Waals surface area contributed by atoms with Gasteiger partial charge in [-0.15, -0.1) is 0 Å². The second-order valence-corrected chi connectivity index (χ2v) is 0.718. The first-order valence-electron chi connectivity index (χ1n) is 1.58. The fraction of sp³-hybridized carbons (Fsp3) is 0.200. The van der Waals surface area contributed by atoms with Crippen LogP contribution in [0.4, 0.5) is 0 Å². The Labute approximate surface area is 61.2 Å². The molecule has 0 aromatic rings. The number of rotatable bonds is 1. The van der Waals surface area contributed by atoms with E-state index in [0.29, 0.717) is 0 Å². The van der Waals surface area contributed by atoms with Crippen molar-refractivity contribution in [3.05, 3.63) is 24.8 Å². The van der Waals surface area contributed by atoms with Gasteiger partial charge in [-0.3, -0.25) is 6.58 Å². The van der Waals surface area contributed by atoms with E-state index in [-0.39, 0.29) is 29.6 Å². The zero-order valence-electron chi connectivity index (χ0n) is 4.31. The first-order valence-corrected chi connectivity index (χ1v) is 1.58. The molecule has 0 rings (SSSR count). The van der Waals surface area contributed by atoms with Crippen LogP contribution in [-0.4, -0.2) is 0 Å². The SMILES string of the molecule is [CH-]=CC=CC.[Na+]. The standard InChI is InChI=1S/C5H7.Na/c1-3-5-4-2;/h1,3-5H,2H3;/q-1;+1. The molecule has 0 aliphatic carbocycles. The molecule has 0 atom stereocenters. The molecular weight excluding hydrogens is 83.0 g/mol. The molecule has 28 valence electrons. The van der Waals surface area contributed by atoms with Crippen LogP contribution in [0.15, 0.2) is 18.2 Å². The van der Waals surface area contributed by atoms with Gasteiger partial charge >= 0.3 is 29.6 Å². The van der Waals surface area contributed by atoms with Crippen LogP contribution in [0.1, 0.15) is 6.92 Å². The molecular formula is C5H7Na. The van der Waals surface area contributed by atoms with E-state index >= 15 is 0 Å². The molecule has 0 spiro atoms. The van der Waals surface area contributed by atoms with E-state index in [1.807, 2.05) is 13.0 Å². The Balaban J connectivity index is 0. The van der Waals surface area contributed by atoms with E-state index in [0.717, 1.165) is 0 Å². The van der Waals surface area contributed by atoms with Crippen LogP contribution in [0.2, 0.25) is 0 Å². The largest absolute Gasteiger partial charge is 1.00 e. The zero-order valence-corrected chi connectivity index (χ0v) is 6.31. The molecule has 6 heavy (non-hydrogen) atoms. The van der Waals surface area contributed by atoms with E-state index < -0.39 is 0 Å². The first-order chi connectivity index (χ1) is 2.41. The predicted octanol–water partition coefficient (Wildman–Crippen LogP) is -1.44. The molecule has 0 aliphatic rings. The van der Waals surface area contributed by atoms with Crippen LogP contribution in [0, 0.1) is 6.58 Å². The maximum atomic E-state index is 4.93. The summed E-state index contributed by atoms with van der Waals surface area (Å²) in [4.78, 5) is 0. The molecule has 0 bridgehead atoms. The minimum absolute atomic E-state index is 0. The Morgan fingerprint density at radius 2 is 2.00 bits per heavy atom. The third-order valence-electron chi connectivity index (χ3n) is 0.304. The Bertz CT molecular complexity index is 45.9. The first kappa shape index (κ1) is 9.70. The van der Waals surface area contributed by atoms with Crippen molar-refractivity contribution in [3.63, 3.8) is 0 Å². The van der Waals surface area contributed by atoms with Crippen molar-refractivity contribution in [1.29, 1.82) is 0 Å². The van der Waals surface area contributed by atoms with Gasteiger partial charge in [-0.05, 0) is 0 Å². The topological polar surface area (TPSA) is 0 Å². The smallest absolute Gasteiger partial charge is 0.293 e. The second kappa shape index (κ2) is 9.08. The van der Waals surface area contributed by atoms with Gasteiger partial charge in [0, 0.05) is 0 Å². The molecule has 0 fully saturated rings. The maximum absolute atomic E-state index is 4.93. The summed E-state index contributed by atoms with van der Waals surface area (Å²) in [6.07, 6.45) is 5.15. The van der Waals surface area contributed by atoms with Crippen LogP contribution in [0.25, 0.3) is 0 Å². The molecule has 0 heterocycles. The Kier molecular flexibility index (Phi) is 14.7. The van der Waals surface area contributed by atoms with Crippen LogP contribution < -0.4 is 29.6 Å². The van der Waals surface area contributed by atoms with Crippen molar-refractivity contribution in [1.82, 2.24) is 0 Å². The van der Waals surface area contributed by atoms with E-state index in [2.05, 4.69) is 0 Å². The van der Waals surface area contributed by atoms with Crippen molar-refractivity contribution >= 4 is 0 Å². The van der Waals surface area contributed by atoms with Gasteiger partial charge in [0.25, 0.3) is 0 Å². The summed E-state index contributed by atoms with van der Waals surface area (Å²) in [5.41, 5.74) is 0. The van der Waals surface area contributed by atoms with Crippen LogP contribution in [0.5, 0.6) is 0 Å². The average molecular weight is 90.1 g/mol. The normalized spacial score (nSPS) is 7.50. The minimum Gasteiger partial charge on any atom is -0.293 e. The fourth-order valence-corrected chi connectivity index (χ4v) is 0.111. The molecule has 0 unspecified atom stereocenters.